The predicted octanol–water partition coefficient (Wildman–Crippen LogP) is -0.711. The van der Waals surface area contributed by atoms with Gasteiger partial charge >= 0.3 is 11.7 Å². The quantitative estimate of drug-likeness (QED) is 0.767. The van der Waals surface area contributed by atoms with Gasteiger partial charge in [-0.3, -0.25) is 13.7 Å². The summed E-state index contributed by atoms with van der Waals surface area (Å²) in [5, 5.41) is 9.44. The molecular weight excluding hydrogens is 350 g/mol. The van der Waals surface area contributed by atoms with Gasteiger partial charge in [0.05, 0.1) is 5.69 Å². The molecule has 132 valence electrons. The van der Waals surface area contributed by atoms with Crippen LogP contribution in [-0.2, 0) is 35.3 Å². The summed E-state index contributed by atoms with van der Waals surface area (Å²) in [6, 6.07) is 5.04. The fraction of sp³-hybridized carbons (Fsp3) is 0.267. The molecule has 0 aliphatic carbocycles. The minimum atomic E-state index is -4.48. The van der Waals surface area contributed by atoms with Crippen molar-refractivity contribution in [3.05, 3.63) is 56.9 Å². The van der Waals surface area contributed by atoms with Gasteiger partial charge < -0.3 is 9.67 Å². The number of rotatable bonds is 3. The highest BCUT2D eigenvalue weighted by Crippen LogP contribution is 2.36. The van der Waals surface area contributed by atoms with E-state index in [0.29, 0.717) is 10.1 Å². The number of para-hydroxylation sites is 1. The van der Waals surface area contributed by atoms with Gasteiger partial charge in [-0.1, -0.05) is 18.2 Å². The van der Waals surface area contributed by atoms with Crippen molar-refractivity contribution in [3.8, 4) is 0 Å². The van der Waals surface area contributed by atoms with E-state index in [1.54, 1.807) is 18.2 Å². The molecule has 1 aromatic heterocycles. The first-order chi connectivity index (χ1) is 11.7. The third-order valence-corrected chi connectivity index (χ3v) is 5.97. The Balaban J connectivity index is 2.29. The maximum Gasteiger partial charge on any atom is 0.330 e. The van der Waals surface area contributed by atoms with E-state index in [0.717, 1.165) is 22.1 Å². The molecule has 10 heteroatoms. The Labute approximate surface area is 142 Å². The summed E-state index contributed by atoms with van der Waals surface area (Å²) in [6.07, 6.45) is 0.913. The van der Waals surface area contributed by atoms with E-state index in [9.17, 15) is 27.9 Å². The van der Waals surface area contributed by atoms with Crippen LogP contribution in [0, 0.1) is 0 Å². The van der Waals surface area contributed by atoms with Crippen molar-refractivity contribution in [2.24, 2.45) is 14.1 Å². The highest BCUT2D eigenvalue weighted by atomic mass is 32.2. The molecule has 1 aliphatic heterocycles. The second kappa shape index (κ2) is 5.59. The first-order valence-corrected chi connectivity index (χ1v) is 8.72. The molecule has 0 spiro atoms. The molecule has 1 aromatic carbocycles. The highest BCUT2D eigenvalue weighted by molar-refractivity contribution is 7.93. The predicted molar refractivity (Wildman–Crippen MR) is 88.2 cm³/mol. The molecule has 3 rings (SSSR count). The van der Waals surface area contributed by atoms with E-state index in [1.165, 1.54) is 13.1 Å². The van der Waals surface area contributed by atoms with Crippen molar-refractivity contribution in [1.29, 1.82) is 0 Å². The Morgan fingerprint density at radius 2 is 1.84 bits per heavy atom. The molecule has 2 aromatic rings. The van der Waals surface area contributed by atoms with Gasteiger partial charge in [-0.15, -0.1) is 0 Å². The Morgan fingerprint density at radius 1 is 1.20 bits per heavy atom. The van der Waals surface area contributed by atoms with Crippen LogP contribution in [0.5, 0.6) is 0 Å². The fourth-order valence-electron chi connectivity index (χ4n) is 2.90. The number of carboxylic acids is 1. The molecule has 1 N–H and O–H groups in total. The molecule has 0 bridgehead atoms. The second-order valence-electron chi connectivity index (χ2n) is 5.74. The van der Waals surface area contributed by atoms with Crippen LogP contribution in [0.4, 0.5) is 5.69 Å². The van der Waals surface area contributed by atoms with Crippen molar-refractivity contribution in [1.82, 2.24) is 9.13 Å². The summed E-state index contributed by atoms with van der Waals surface area (Å²) < 4.78 is 28.5. The molecule has 9 nitrogen and oxygen atoms in total. The molecule has 0 saturated carbocycles. The van der Waals surface area contributed by atoms with Crippen LogP contribution in [-0.4, -0.2) is 34.7 Å². The van der Waals surface area contributed by atoms with Crippen molar-refractivity contribution in [3.63, 3.8) is 0 Å². The lowest BCUT2D eigenvalue weighted by molar-refractivity contribution is -0.138. The van der Waals surface area contributed by atoms with Crippen LogP contribution < -0.4 is 15.6 Å². The van der Waals surface area contributed by atoms with Gasteiger partial charge in [0.2, 0.25) is 0 Å². The van der Waals surface area contributed by atoms with E-state index in [-0.39, 0.29) is 12.1 Å². The molecule has 0 saturated heterocycles. The van der Waals surface area contributed by atoms with Gasteiger partial charge in [0.15, 0.2) is 4.90 Å². The first-order valence-electron chi connectivity index (χ1n) is 7.28. The van der Waals surface area contributed by atoms with E-state index >= 15 is 0 Å². The molecule has 0 fully saturated rings. The highest BCUT2D eigenvalue weighted by Gasteiger charge is 2.43. The van der Waals surface area contributed by atoms with Crippen LogP contribution in [0.2, 0.25) is 0 Å². The topological polar surface area (TPSA) is 119 Å². The largest absolute Gasteiger partial charge is 0.480 e. The van der Waals surface area contributed by atoms with Crippen molar-refractivity contribution in [2.45, 2.75) is 17.4 Å². The molecule has 0 radical (unpaired) electrons. The number of aliphatic carboxylic acids is 1. The van der Waals surface area contributed by atoms with Crippen molar-refractivity contribution >= 4 is 21.7 Å². The summed E-state index contributed by atoms with van der Waals surface area (Å²) in [5.74, 6) is -1.32. The average molecular weight is 365 g/mol. The number of carboxylic acid groups (broad SMARTS) is 1. The molecule has 0 unspecified atom stereocenters. The minimum absolute atomic E-state index is 0.00316. The SMILES string of the molecule is Cn1cc(S(=O)(=O)N2c3ccccc3C[C@H]2C(=O)O)c(=O)n(C)c1=O. The van der Waals surface area contributed by atoms with Crippen LogP contribution >= 0.6 is 0 Å². The number of aromatic nitrogens is 2. The van der Waals surface area contributed by atoms with E-state index in [2.05, 4.69) is 0 Å². The Bertz CT molecular complexity index is 1100. The van der Waals surface area contributed by atoms with Crippen LogP contribution in [0.25, 0.3) is 0 Å². The normalized spacial score (nSPS) is 16.7. The number of benzene rings is 1. The zero-order chi connectivity index (χ0) is 18.5. The molecular formula is C15H15N3O6S. The summed E-state index contributed by atoms with van der Waals surface area (Å²) >= 11 is 0. The molecule has 25 heavy (non-hydrogen) atoms. The summed E-state index contributed by atoms with van der Waals surface area (Å²) in [7, 11) is -2.00. The number of fused-ring (bicyclic) bond motifs is 1. The Morgan fingerprint density at radius 3 is 2.48 bits per heavy atom. The molecule has 0 amide bonds. The van der Waals surface area contributed by atoms with Gasteiger partial charge in [0, 0.05) is 26.7 Å². The number of nitrogens with zero attached hydrogens (tertiary/aromatic N) is 3. The number of aryl methyl sites for hydroxylation is 1. The molecule has 1 aliphatic rings. The Hall–Kier alpha value is -2.88. The lowest BCUT2D eigenvalue weighted by atomic mass is 10.1. The number of hydrogen-bond donors (Lipinski definition) is 1. The van der Waals surface area contributed by atoms with Crippen molar-refractivity contribution < 1.29 is 18.3 Å². The zero-order valence-electron chi connectivity index (χ0n) is 13.4. The first kappa shape index (κ1) is 17.0. The number of sulfonamides is 1. The van der Waals surface area contributed by atoms with E-state index < -0.39 is 38.2 Å². The summed E-state index contributed by atoms with van der Waals surface area (Å²) in [5.41, 5.74) is -0.914. The van der Waals surface area contributed by atoms with Gasteiger partial charge in [0.1, 0.15) is 6.04 Å². The summed E-state index contributed by atoms with van der Waals surface area (Å²) in [4.78, 5) is 35.0. The molecule has 2 heterocycles. The maximum absolute atomic E-state index is 13.1. The van der Waals surface area contributed by atoms with Gasteiger partial charge in [-0.05, 0) is 11.6 Å². The van der Waals surface area contributed by atoms with Crippen LogP contribution in [0.3, 0.4) is 0 Å². The van der Waals surface area contributed by atoms with E-state index in [4.69, 9.17) is 0 Å². The maximum atomic E-state index is 13.1. The Kier molecular flexibility index (Phi) is 3.79. The average Bonchev–Trinajstić information content (AvgIpc) is 2.96. The van der Waals surface area contributed by atoms with Gasteiger partial charge in [0.25, 0.3) is 15.6 Å². The van der Waals surface area contributed by atoms with Crippen molar-refractivity contribution in [2.75, 3.05) is 4.31 Å². The van der Waals surface area contributed by atoms with Crippen LogP contribution in [0.15, 0.2) is 44.9 Å². The third-order valence-electron chi connectivity index (χ3n) is 4.16. The lowest BCUT2D eigenvalue weighted by Gasteiger charge is -2.24. The molecule has 1 atom stereocenters. The van der Waals surface area contributed by atoms with Gasteiger partial charge in [-0.2, -0.15) is 0 Å². The van der Waals surface area contributed by atoms with E-state index in [1.807, 2.05) is 0 Å². The monoisotopic (exact) mass is 365 g/mol. The van der Waals surface area contributed by atoms with Crippen LogP contribution in [0.1, 0.15) is 5.56 Å². The second-order valence-corrected chi connectivity index (χ2v) is 7.52. The fourth-order valence-corrected chi connectivity index (χ4v) is 4.70. The lowest BCUT2D eigenvalue weighted by Crippen LogP contribution is -2.47. The number of carbonyl (C=O) groups is 1. The van der Waals surface area contributed by atoms with Gasteiger partial charge in [-0.25, -0.2) is 18.0 Å². The minimum Gasteiger partial charge on any atom is -0.480 e. The summed E-state index contributed by atoms with van der Waals surface area (Å²) in [6.45, 7) is 0. The number of hydrogen-bond acceptors (Lipinski definition) is 5. The standard InChI is InChI=1S/C15H15N3O6S/c1-16-8-12(13(19)17(2)15(16)22)25(23,24)18-10-6-4-3-5-9(10)7-11(18)14(20)21/h3-6,8,11H,7H2,1-2H3,(H,20,21)/t11-/m0/s1. The zero-order valence-corrected chi connectivity index (χ0v) is 14.2. The smallest absolute Gasteiger partial charge is 0.330 e. The number of anilines is 1. The third kappa shape index (κ3) is 2.45.